The molecule has 0 aromatic carbocycles. The standard InChI is InChI=1S/C12H19N3OS/c1-4-8-13-11(17-15-8)14-9-7-5-6-16-10(7)12(9,2)3/h7,9-10H,4-6H2,1-3H3,(H,13,14,15). The number of ether oxygens (including phenoxy) is 1. The Kier molecular flexibility index (Phi) is 2.63. The largest absolute Gasteiger partial charge is 0.377 e. The van der Waals surface area contributed by atoms with E-state index in [1.165, 1.54) is 18.0 Å². The Morgan fingerprint density at radius 3 is 3.06 bits per heavy atom. The van der Waals surface area contributed by atoms with E-state index < -0.39 is 0 Å². The summed E-state index contributed by atoms with van der Waals surface area (Å²) in [7, 11) is 0. The van der Waals surface area contributed by atoms with Gasteiger partial charge < -0.3 is 10.1 Å². The van der Waals surface area contributed by atoms with Gasteiger partial charge in [-0.2, -0.15) is 4.37 Å². The number of nitrogens with zero attached hydrogens (tertiary/aromatic N) is 2. The van der Waals surface area contributed by atoms with Gasteiger partial charge in [0.1, 0.15) is 5.82 Å². The van der Waals surface area contributed by atoms with Crippen LogP contribution in [0.2, 0.25) is 0 Å². The van der Waals surface area contributed by atoms with Gasteiger partial charge in [0.05, 0.1) is 6.10 Å². The Labute approximate surface area is 106 Å². The fourth-order valence-electron chi connectivity index (χ4n) is 3.21. The molecule has 1 saturated carbocycles. The maximum Gasteiger partial charge on any atom is 0.202 e. The zero-order valence-corrected chi connectivity index (χ0v) is 11.4. The molecular weight excluding hydrogens is 234 g/mol. The lowest BCUT2D eigenvalue weighted by Gasteiger charge is -2.54. The van der Waals surface area contributed by atoms with Gasteiger partial charge in [-0.05, 0) is 6.42 Å². The minimum atomic E-state index is 0.208. The van der Waals surface area contributed by atoms with Crippen molar-refractivity contribution >= 4 is 16.7 Å². The second-order valence-corrected chi connectivity index (χ2v) is 6.31. The Bertz CT molecular complexity index is 418. The maximum atomic E-state index is 5.79. The van der Waals surface area contributed by atoms with Crippen LogP contribution in [-0.2, 0) is 11.2 Å². The topological polar surface area (TPSA) is 47.0 Å². The van der Waals surface area contributed by atoms with Crippen molar-refractivity contribution in [1.29, 1.82) is 0 Å². The van der Waals surface area contributed by atoms with Crippen molar-refractivity contribution in [2.24, 2.45) is 11.3 Å². The molecule has 3 atom stereocenters. The highest BCUT2D eigenvalue weighted by Gasteiger charge is 2.59. The van der Waals surface area contributed by atoms with E-state index in [1.807, 2.05) is 0 Å². The zero-order valence-electron chi connectivity index (χ0n) is 10.6. The summed E-state index contributed by atoms with van der Waals surface area (Å²) in [5, 5.41) is 4.52. The number of hydrogen-bond donors (Lipinski definition) is 1. The van der Waals surface area contributed by atoms with Crippen molar-refractivity contribution in [3.05, 3.63) is 5.82 Å². The van der Waals surface area contributed by atoms with E-state index in [-0.39, 0.29) is 5.41 Å². The van der Waals surface area contributed by atoms with Crippen LogP contribution in [0.1, 0.15) is 33.0 Å². The zero-order chi connectivity index (χ0) is 12.0. The van der Waals surface area contributed by atoms with Gasteiger partial charge in [0, 0.05) is 41.9 Å². The molecule has 3 rings (SSSR count). The Hall–Kier alpha value is -0.680. The number of aromatic nitrogens is 2. The summed E-state index contributed by atoms with van der Waals surface area (Å²) in [6.07, 6.45) is 2.51. The second kappa shape index (κ2) is 3.92. The highest BCUT2D eigenvalue weighted by molar-refractivity contribution is 7.09. The third kappa shape index (κ3) is 1.67. The number of anilines is 1. The first-order valence-electron chi connectivity index (χ1n) is 6.33. The van der Waals surface area contributed by atoms with Crippen molar-refractivity contribution < 1.29 is 4.74 Å². The van der Waals surface area contributed by atoms with Gasteiger partial charge in [-0.25, -0.2) is 4.98 Å². The van der Waals surface area contributed by atoms with Crippen molar-refractivity contribution in [2.45, 2.75) is 45.8 Å². The van der Waals surface area contributed by atoms with Gasteiger partial charge in [0.25, 0.3) is 0 Å². The average molecular weight is 253 g/mol. The van der Waals surface area contributed by atoms with E-state index in [9.17, 15) is 0 Å². The van der Waals surface area contributed by atoms with Crippen LogP contribution >= 0.6 is 11.5 Å². The first kappa shape index (κ1) is 11.4. The minimum Gasteiger partial charge on any atom is -0.377 e. The third-order valence-electron chi connectivity index (χ3n) is 4.16. The molecular formula is C12H19N3OS. The monoisotopic (exact) mass is 253 g/mol. The molecule has 3 unspecified atom stereocenters. The lowest BCUT2D eigenvalue weighted by atomic mass is 9.57. The molecule has 1 aliphatic heterocycles. The highest BCUT2D eigenvalue weighted by atomic mass is 32.1. The van der Waals surface area contributed by atoms with Crippen molar-refractivity contribution in [2.75, 3.05) is 11.9 Å². The van der Waals surface area contributed by atoms with E-state index in [0.29, 0.717) is 18.1 Å². The fraction of sp³-hybridized carbons (Fsp3) is 0.833. The van der Waals surface area contributed by atoms with Crippen LogP contribution in [0.15, 0.2) is 0 Å². The number of hydrogen-bond acceptors (Lipinski definition) is 5. The molecule has 17 heavy (non-hydrogen) atoms. The van der Waals surface area contributed by atoms with E-state index >= 15 is 0 Å². The number of fused-ring (bicyclic) bond motifs is 1. The van der Waals surface area contributed by atoms with E-state index in [2.05, 4.69) is 35.4 Å². The molecule has 0 amide bonds. The molecule has 1 aliphatic carbocycles. The smallest absolute Gasteiger partial charge is 0.202 e. The number of rotatable bonds is 3. The van der Waals surface area contributed by atoms with Gasteiger partial charge in [-0.3, -0.25) is 0 Å². The van der Waals surface area contributed by atoms with Crippen LogP contribution in [0.25, 0.3) is 0 Å². The molecule has 1 saturated heterocycles. The summed E-state index contributed by atoms with van der Waals surface area (Å²) in [6, 6.07) is 0.479. The van der Waals surface area contributed by atoms with E-state index in [4.69, 9.17) is 4.74 Å². The summed E-state index contributed by atoms with van der Waals surface area (Å²) in [5.74, 6) is 1.59. The lowest BCUT2D eigenvalue weighted by molar-refractivity contribution is -0.0923. The first-order chi connectivity index (χ1) is 8.13. The summed E-state index contributed by atoms with van der Waals surface area (Å²) in [4.78, 5) is 4.49. The average Bonchev–Trinajstić information content (AvgIpc) is 2.93. The molecule has 1 N–H and O–H groups in total. The third-order valence-corrected chi connectivity index (χ3v) is 4.85. The van der Waals surface area contributed by atoms with Gasteiger partial charge >= 0.3 is 0 Å². The normalized spacial score (nSPS) is 34.2. The molecule has 2 aliphatic rings. The van der Waals surface area contributed by atoms with Crippen LogP contribution in [0, 0.1) is 11.3 Å². The molecule has 0 radical (unpaired) electrons. The molecule has 1 aromatic rings. The summed E-state index contributed by atoms with van der Waals surface area (Å²) < 4.78 is 10.1. The Balaban J connectivity index is 1.73. The number of nitrogens with one attached hydrogen (secondary N) is 1. The first-order valence-corrected chi connectivity index (χ1v) is 7.11. The quantitative estimate of drug-likeness (QED) is 0.898. The predicted octanol–water partition coefficient (Wildman–Crippen LogP) is 2.33. The van der Waals surface area contributed by atoms with Crippen LogP contribution in [-0.4, -0.2) is 28.1 Å². The Morgan fingerprint density at radius 1 is 1.53 bits per heavy atom. The summed E-state index contributed by atoms with van der Waals surface area (Å²) >= 11 is 1.47. The molecule has 4 nitrogen and oxygen atoms in total. The van der Waals surface area contributed by atoms with Gasteiger partial charge in [0.15, 0.2) is 0 Å². The fourth-order valence-corrected chi connectivity index (χ4v) is 3.89. The second-order valence-electron chi connectivity index (χ2n) is 5.56. The van der Waals surface area contributed by atoms with Crippen LogP contribution in [0.5, 0.6) is 0 Å². The van der Waals surface area contributed by atoms with E-state index in [0.717, 1.165) is 24.0 Å². The van der Waals surface area contributed by atoms with Crippen LogP contribution in [0.4, 0.5) is 5.13 Å². The lowest BCUT2D eigenvalue weighted by Crippen LogP contribution is -2.63. The van der Waals surface area contributed by atoms with Gasteiger partial charge in [0.2, 0.25) is 5.13 Å². The van der Waals surface area contributed by atoms with Crippen LogP contribution < -0.4 is 5.32 Å². The summed E-state index contributed by atoms with van der Waals surface area (Å²) in [5.41, 5.74) is 0.208. The SMILES string of the molecule is CCc1nsc(NC2C3CCOC3C2(C)C)n1. The maximum absolute atomic E-state index is 5.79. The molecule has 0 spiro atoms. The number of aryl methyl sites for hydroxylation is 1. The van der Waals surface area contributed by atoms with Crippen LogP contribution in [0.3, 0.4) is 0 Å². The molecule has 1 aromatic heterocycles. The molecule has 0 bridgehead atoms. The molecule has 94 valence electrons. The molecule has 2 heterocycles. The molecule has 2 fully saturated rings. The summed E-state index contributed by atoms with van der Waals surface area (Å²) in [6.45, 7) is 7.55. The van der Waals surface area contributed by atoms with Gasteiger partial charge in [-0.1, -0.05) is 20.8 Å². The Morgan fingerprint density at radius 2 is 2.35 bits per heavy atom. The van der Waals surface area contributed by atoms with Gasteiger partial charge in [-0.15, -0.1) is 0 Å². The van der Waals surface area contributed by atoms with Crippen molar-refractivity contribution in [3.8, 4) is 0 Å². The highest BCUT2D eigenvalue weighted by Crippen LogP contribution is 2.53. The van der Waals surface area contributed by atoms with E-state index in [1.54, 1.807) is 0 Å². The van der Waals surface area contributed by atoms with Crippen molar-refractivity contribution in [1.82, 2.24) is 9.36 Å². The minimum absolute atomic E-state index is 0.208. The van der Waals surface area contributed by atoms with Crippen molar-refractivity contribution in [3.63, 3.8) is 0 Å². The predicted molar refractivity (Wildman–Crippen MR) is 68.3 cm³/mol. The molecule has 5 heteroatoms.